The van der Waals surface area contributed by atoms with Crippen LogP contribution in [0.15, 0.2) is 0 Å². The number of aromatic nitrogens is 2. The molecule has 1 aromatic heterocycles. The van der Waals surface area contributed by atoms with E-state index < -0.39 is 0 Å². The van der Waals surface area contributed by atoms with Gasteiger partial charge in [-0.3, -0.25) is 4.68 Å². The molecule has 0 spiro atoms. The van der Waals surface area contributed by atoms with Crippen LogP contribution in [0.25, 0.3) is 0 Å². The summed E-state index contributed by atoms with van der Waals surface area (Å²) in [4.78, 5) is 0. The maximum Gasteiger partial charge on any atom is 0.0826 e. The summed E-state index contributed by atoms with van der Waals surface area (Å²) >= 11 is 1.65. The summed E-state index contributed by atoms with van der Waals surface area (Å²) in [5.74, 6) is 0.761. The molecule has 4 heteroatoms. The Morgan fingerprint density at radius 2 is 2.07 bits per heavy atom. The largest absolute Gasteiger partial charge is 0.390 e. The smallest absolute Gasteiger partial charge is 0.0826 e. The first kappa shape index (κ1) is 11.6. The Balaban J connectivity index is 2.72. The Bertz CT molecular complexity index is 309. The van der Waals surface area contributed by atoms with Gasteiger partial charge in [-0.05, 0) is 32.6 Å². The second kappa shape index (κ2) is 4.84. The molecule has 0 aromatic carbocycles. The van der Waals surface area contributed by atoms with Gasteiger partial charge in [-0.15, -0.1) is 0 Å². The zero-order chi connectivity index (χ0) is 10.7. The fourth-order valence-electron chi connectivity index (χ4n) is 1.41. The van der Waals surface area contributed by atoms with Gasteiger partial charge in [-0.2, -0.15) is 16.9 Å². The summed E-state index contributed by atoms with van der Waals surface area (Å²) in [5.41, 5.74) is 3.43. The molecule has 14 heavy (non-hydrogen) atoms. The highest BCUT2D eigenvalue weighted by molar-refractivity contribution is 7.98. The molecule has 1 rings (SSSR count). The molecule has 1 heterocycles. The van der Waals surface area contributed by atoms with Gasteiger partial charge in [0.25, 0.3) is 0 Å². The molecule has 0 aliphatic carbocycles. The van der Waals surface area contributed by atoms with E-state index in [1.807, 2.05) is 24.8 Å². The van der Waals surface area contributed by atoms with E-state index in [0.717, 1.165) is 17.1 Å². The first-order valence-electron chi connectivity index (χ1n) is 4.74. The molecular weight excluding hydrogens is 196 g/mol. The summed E-state index contributed by atoms with van der Waals surface area (Å²) in [5, 5.41) is 14.0. The molecule has 0 saturated heterocycles. The van der Waals surface area contributed by atoms with Gasteiger partial charge in [0.05, 0.1) is 18.3 Å². The summed E-state index contributed by atoms with van der Waals surface area (Å²) in [6, 6.07) is 0. The number of nitrogens with zero attached hydrogens (tertiary/aromatic N) is 2. The molecule has 1 aromatic rings. The minimum absolute atomic E-state index is 0.303. The summed E-state index contributed by atoms with van der Waals surface area (Å²) in [6.45, 7) is 6.71. The first-order chi connectivity index (χ1) is 6.56. The number of aliphatic hydroxyl groups is 1. The van der Waals surface area contributed by atoms with E-state index in [9.17, 15) is 5.11 Å². The van der Waals surface area contributed by atoms with Crippen molar-refractivity contribution < 1.29 is 5.11 Å². The maximum atomic E-state index is 9.65. The van der Waals surface area contributed by atoms with Gasteiger partial charge in [0.2, 0.25) is 0 Å². The van der Waals surface area contributed by atoms with Crippen molar-refractivity contribution in [2.24, 2.45) is 0 Å². The highest BCUT2D eigenvalue weighted by Gasteiger charge is 2.10. The van der Waals surface area contributed by atoms with Crippen molar-refractivity contribution in [3.05, 3.63) is 17.0 Å². The van der Waals surface area contributed by atoms with Gasteiger partial charge in [0.1, 0.15) is 0 Å². The van der Waals surface area contributed by atoms with Crippen molar-refractivity contribution in [3.63, 3.8) is 0 Å². The normalized spacial score (nSPS) is 13.2. The van der Waals surface area contributed by atoms with Crippen molar-refractivity contribution in [1.29, 1.82) is 0 Å². The number of rotatable bonds is 4. The molecular formula is C10H18N2OS. The van der Waals surface area contributed by atoms with E-state index in [1.54, 1.807) is 11.8 Å². The highest BCUT2D eigenvalue weighted by atomic mass is 32.2. The zero-order valence-electron chi connectivity index (χ0n) is 9.24. The molecule has 80 valence electrons. The molecule has 0 unspecified atom stereocenters. The Morgan fingerprint density at radius 1 is 1.43 bits per heavy atom. The average Bonchev–Trinajstić information content (AvgIpc) is 2.34. The van der Waals surface area contributed by atoms with Crippen LogP contribution < -0.4 is 0 Å². The lowest BCUT2D eigenvalue weighted by atomic mass is 10.2. The van der Waals surface area contributed by atoms with Gasteiger partial charge in [-0.25, -0.2) is 0 Å². The minimum atomic E-state index is -0.303. The van der Waals surface area contributed by atoms with Crippen LogP contribution in [0.3, 0.4) is 0 Å². The van der Waals surface area contributed by atoms with Crippen LogP contribution >= 0.6 is 11.8 Å². The van der Waals surface area contributed by atoms with E-state index >= 15 is 0 Å². The van der Waals surface area contributed by atoms with Crippen molar-refractivity contribution in [2.45, 2.75) is 33.4 Å². The average molecular weight is 214 g/mol. The SMILES string of the molecule is CSC[C@@H](O)Cn1nc(C)c(C)c1C. The van der Waals surface area contributed by atoms with Gasteiger partial charge >= 0.3 is 0 Å². The van der Waals surface area contributed by atoms with Crippen LogP contribution in [0.2, 0.25) is 0 Å². The predicted molar refractivity (Wildman–Crippen MR) is 60.8 cm³/mol. The van der Waals surface area contributed by atoms with Crippen molar-refractivity contribution in [2.75, 3.05) is 12.0 Å². The summed E-state index contributed by atoms with van der Waals surface area (Å²) in [7, 11) is 0. The number of hydrogen-bond acceptors (Lipinski definition) is 3. The van der Waals surface area contributed by atoms with Crippen LogP contribution in [0.1, 0.15) is 17.0 Å². The van der Waals surface area contributed by atoms with Crippen molar-refractivity contribution in [1.82, 2.24) is 9.78 Å². The molecule has 0 aliphatic rings. The molecule has 1 N–H and O–H groups in total. The Labute approximate surface area is 89.5 Å². The standard InChI is InChI=1S/C10H18N2OS/c1-7-8(2)11-12(9(7)3)5-10(13)6-14-4/h10,13H,5-6H2,1-4H3/t10-/m0/s1. The highest BCUT2D eigenvalue weighted by Crippen LogP contribution is 2.12. The number of aliphatic hydroxyl groups excluding tert-OH is 1. The molecule has 0 saturated carbocycles. The van der Waals surface area contributed by atoms with E-state index in [4.69, 9.17) is 0 Å². The van der Waals surface area contributed by atoms with Gasteiger partial charge in [0, 0.05) is 11.4 Å². The van der Waals surface area contributed by atoms with Crippen LogP contribution in [0.4, 0.5) is 0 Å². The van der Waals surface area contributed by atoms with E-state index in [-0.39, 0.29) is 6.10 Å². The van der Waals surface area contributed by atoms with Crippen LogP contribution in [-0.2, 0) is 6.54 Å². The lowest BCUT2D eigenvalue weighted by Crippen LogP contribution is -2.20. The number of thioether (sulfide) groups is 1. The van der Waals surface area contributed by atoms with Gasteiger partial charge in [0.15, 0.2) is 0 Å². The first-order valence-corrected chi connectivity index (χ1v) is 6.13. The Kier molecular flexibility index (Phi) is 4.01. The van der Waals surface area contributed by atoms with E-state index in [2.05, 4.69) is 12.0 Å². The van der Waals surface area contributed by atoms with Crippen LogP contribution in [0.5, 0.6) is 0 Å². The predicted octanol–water partition coefficient (Wildman–Crippen LogP) is 1.53. The zero-order valence-corrected chi connectivity index (χ0v) is 10.1. The summed E-state index contributed by atoms with van der Waals surface area (Å²) in [6.07, 6.45) is 1.69. The molecule has 1 atom stereocenters. The monoisotopic (exact) mass is 214 g/mol. The third-order valence-corrected chi connectivity index (χ3v) is 3.20. The fourth-order valence-corrected chi connectivity index (χ4v) is 1.90. The Morgan fingerprint density at radius 3 is 2.50 bits per heavy atom. The quantitative estimate of drug-likeness (QED) is 0.826. The Hall–Kier alpha value is -0.480. The fraction of sp³-hybridized carbons (Fsp3) is 0.700. The third kappa shape index (κ3) is 2.51. The summed E-state index contributed by atoms with van der Waals surface area (Å²) < 4.78 is 1.89. The van der Waals surface area contributed by atoms with Crippen LogP contribution in [0, 0.1) is 20.8 Å². The topological polar surface area (TPSA) is 38.0 Å². The van der Waals surface area contributed by atoms with Gasteiger partial charge in [-0.1, -0.05) is 0 Å². The molecule has 0 aliphatic heterocycles. The lowest BCUT2D eigenvalue weighted by molar-refractivity contribution is 0.172. The second-order valence-electron chi connectivity index (χ2n) is 3.59. The maximum absolute atomic E-state index is 9.65. The van der Waals surface area contributed by atoms with E-state index in [1.165, 1.54) is 5.56 Å². The molecule has 0 radical (unpaired) electrons. The lowest BCUT2D eigenvalue weighted by Gasteiger charge is -2.10. The minimum Gasteiger partial charge on any atom is -0.390 e. The van der Waals surface area contributed by atoms with Crippen molar-refractivity contribution in [3.8, 4) is 0 Å². The number of aryl methyl sites for hydroxylation is 1. The van der Waals surface area contributed by atoms with E-state index in [0.29, 0.717) is 6.54 Å². The number of hydrogen-bond donors (Lipinski definition) is 1. The van der Waals surface area contributed by atoms with Gasteiger partial charge < -0.3 is 5.11 Å². The van der Waals surface area contributed by atoms with Crippen LogP contribution in [-0.4, -0.2) is 33.0 Å². The molecule has 0 bridgehead atoms. The molecule has 0 fully saturated rings. The second-order valence-corrected chi connectivity index (χ2v) is 4.50. The third-order valence-electron chi connectivity index (χ3n) is 2.49. The molecule has 3 nitrogen and oxygen atoms in total. The van der Waals surface area contributed by atoms with Crippen molar-refractivity contribution >= 4 is 11.8 Å². The molecule has 0 amide bonds.